The Labute approximate surface area is 157 Å². The molecule has 0 spiro atoms. The van der Waals surface area contributed by atoms with Gasteiger partial charge in [-0.3, -0.25) is 4.99 Å². The molecule has 2 heterocycles. The van der Waals surface area contributed by atoms with Gasteiger partial charge in [0.2, 0.25) is 0 Å². The van der Waals surface area contributed by atoms with Crippen molar-refractivity contribution in [2.45, 2.75) is 39.2 Å². The van der Waals surface area contributed by atoms with Gasteiger partial charge in [0.15, 0.2) is 5.96 Å². The number of aliphatic imine (C=N–C) groups is 1. The van der Waals surface area contributed by atoms with E-state index in [9.17, 15) is 0 Å². The molecular weight excluding hydrogens is 399 g/mol. The van der Waals surface area contributed by atoms with Crippen molar-refractivity contribution in [3.05, 3.63) is 29.8 Å². The largest absolute Gasteiger partial charge is 0.366 e. The summed E-state index contributed by atoms with van der Waals surface area (Å²) in [6.45, 7) is 9.64. The first-order valence-corrected chi connectivity index (χ1v) is 8.67. The highest BCUT2D eigenvalue weighted by Gasteiger charge is 2.23. The molecule has 0 amide bonds. The Morgan fingerprint density at radius 2 is 1.96 bits per heavy atom. The highest BCUT2D eigenvalue weighted by atomic mass is 127. The van der Waals surface area contributed by atoms with Gasteiger partial charge < -0.3 is 15.1 Å². The van der Waals surface area contributed by atoms with E-state index in [4.69, 9.17) is 4.99 Å². The molecular formula is C18H29IN4. The van der Waals surface area contributed by atoms with Crippen LogP contribution in [0.2, 0.25) is 0 Å². The van der Waals surface area contributed by atoms with Crippen molar-refractivity contribution in [2.75, 3.05) is 37.6 Å². The number of benzene rings is 1. The summed E-state index contributed by atoms with van der Waals surface area (Å²) in [7, 11) is 0. The summed E-state index contributed by atoms with van der Waals surface area (Å²) in [4.78, 5) is 9.81. The van der Waals surface area contributed by atoms with Crippen molar-refractivity contribution in [2.24, 2.45) is 4.99 Å². The van der Waals surface area contributed by atoms with Crippen molar-refractivity contribution < 1.29 is 0 Å². The first kappa shape index (κ1) is 18.4. The number of nitrogens with one attached hydrogen (secondary N) is 1. The van der Waals surface area contributed by atoms with Gasteiger partial charge in [0.25, 0.3) is 0 Å². The van der Waals surface area contributed by atoms with Crippen LogP contribution in [0.1, 0.15) is 32.3 Å². The van der Waals surface area contributed by atoms with Crippen LogP contribution < -0.4 is 10.2 Å². The molecule has 2 aliphatic rings. The molecule has 0 bridgehead atoms. The molecule has 1 aromatic carbocycles. The second-order valence-corrected chi connectivity index (χ2v) is 6.31. The van der Waals surface area contributed by atoms with Crippen molar-refractivity contribution in [3.8, 4) is 0 Å². The summed E-state index contributed by atoms with van der Waals surface area (Å²) in [6, 6.07) is 9.22. The van der Waals surface area contributed by atoms with Crippen molar-refractivity contribution in [1.82, 2.24) is 10.2 Å². The molecule has 4 nitrogen and oxygen atoms in total. The first-order chi connectivity index (χ1) is 10.8. The average molecular weight is 428 g/mol. The number of hydrogen-bond donors (Lipinski definition) is 1. The van der Waals surface area contributed by atoms with E-state index in [1.165, 1.54) is 24.1 Å². The first-order valence-electron chi connectivity index (χ1n) is 8.67. The third-order valence-electron chi connectivity index (χ3n) is 4.70. The van der Waals surface area contributed by atoms with Crippen LogP contribution in [0.4, 0.5) is 5.69 Å². The van der Waals surface area contributed by atoms with Crippen LogP contribution in [0.25, 0.3) is 0 Å². The molecule has 1 N–H and O–H groups in total. The molecule has 2 aliphatic heterocycles. The van der Waals surface area contributed by atoms with E-state index < -0.39 is 0 Å². The summed E-state index contributed by atoms with van der Waals surface area (Å²) in [6.07, 6.45) is 3.75. The van der Waals surface area contributed by atoms with Gasteiger partial charge in [-0.05, 0) is 44.7 Å². The Hall–Kier alpha value is -0.980. The molecule has 128 valence electrons. The summed E-state index contributed by atoms with van der Waals surface area (Å²) >= 11 is 0. The lowest BCUT2D eigenvalue weighted by molar-refractivity contribution is 0.491. The molecule has 23 heavy (non-hydrogen) atoms. The molecule has 0 aromatic heterocycles. The van der Waals surface area contributed by atoms with Crippen LogP contribution >= 0.6 is 24.0 Å². The van der Waals surface area contributed by atoms with Gasteiger partial charge >= 0.3 is 0 Å². The Kier molecular flexibility index (Phi) is 6.99. The van der Waals surface area contributed by atoms with Gasteiger partial charge in [0.05, 0.1) is 6.54 Å². The second kappa shape index (κ2) is 8.76. The van der Waals surface area contributed by atoms with Gasteiger partial charge in [-0.25, -0.2) is 0 Å². The second-order valence-electron chi connectivity index (χ2n) is 6.31. The number of anilines is 1. The van der Waals surface area contributed by atoms with E-state index in [0.29, 0.717) is 6.04 Å². The van der Waals surface area contributed by atoms with E-state index in [2.05, 4.69) is 53.2 Å². The highest BCUT2D eigenvalue weighted by Crippen LogP contribution is 2.29. The number of para-hydroxylation sites is 1. The lowest BCUT2D eigenvalue weighted by atomic mass is 10.2. The summed E-state index contributed by atoms with van der Waals surface area (Å²) < 4.78 is 0. The Morgan fingerprint density at radius 3 is 2.70 bits per heavy atom. The maximum absolute atomic E-state index is 4.90. The monoisotopic (exact) mass is 428 g/mol. The van der Waals surface area contributed by atoms with E-state index in [-0.39, 0.29) is 24.0 Å². The Morgan fingerprint density at radius 1 is 1.22 bits per heavy atom. The lowest BCUT2D eigenvalue weighted by Crippen LogP contribution is -2.41. The van der Waals surface area contributed by atoms with E-state index in [1.807, 2.05) is 0 Å². The Balaban J connectivity index is 0.00000192. The van der Waals surface area contributed by atoms with E-state index in [1.54, 1.807) is 0 Å². The third-order valence-corrected chi connectivity index (χ3v) is 4.70. The van der Waals surface area contributed by atoms with Gasteiger partial charge in [-0.2, -0.15) is 0 Å². The van der Waals surface area contributed by atoms with Crippen LogP contribution in [-0.2, 0) is 6.42 Å². The zero-order valence-corrected chi connectivity index (χ0v) is 16.6. The molecule has 1 fully saturated rings. The Bertz CT molecular complexity index is 526. The predicted molar refractivity (Wildman–Crippen MR) is 109 cm³/mol. The van der Waals surface area contributed by atoms with Crippen LogP contribution in [0.15, 0.2) is 29.3 Å². The number of fused-ring (bicyclic) bond motifs is 1. The fourth-order valence-corrected chi connectivity index (χ4v) is 3.49. The summed E-state index contributed by atoms with van der Waals surface area (Å²) in [5, 5.41) is 3.45. The topological polar surface area (TPSA) is 30.9 Å². The smallest absolute Gasteiger partial charge is 0.193 e. The number of rotatable bonds is 4. The SMILES string of the molecule is CCNC(=NCC(C)N1CCc2ccccc21)N1CCCC1.I. The van der Waals surface area contributed by atoms with Crippen LogP contribution in [-0.4, -0.2) is 49.6 Å². The zero-order valence-electron chi connectivity index (χ0n) is 14.3. The van der Waals surface area contributed by atoms with Crippen molar-refractivity contribution in [3.63, 3.8) is 0 Å². The normalized spacial score (nSPS) is 18.6. The van der Waals surface area contributed by atoms with Crippen LogP contribution in [0.3, 0.4) is 0 Å². The van der Waals surface area contributed by atoms with Gasteiger partial charge in [0.1, 0.15) is 0 Å². The summed E-state index contributed by atoms with van der Waals surface area (Å²) in [5.41, 5.74) is 2.88. The minimum Gasteiger partial charge on any atom is -0.366 e. The molecule has 0 radical (unpaired) electrons. The molecule has 1 unspecified atom stereocenters. The fourth-order valence-electron chi connectivity index (χ4n) is 3.49. The van der Waals surface area contributed by atoms with Crippen molar-refractivity contribution >= 4 is 35.6 Å². The highest BCUT2D eigenvalue weighted by molar-refractivity contribution is 14.0. The standard InChI is InChI=1S/C18H28N4.HI/c1-3-19-18(21-11-6-7-12-21)20-14-15(2)22-13-10-16-8-4-5-9-17(16)22;/h4-5,8-9,15H,3,6-7,10-14H2,1-2H3,(H,19,20);1H. The fraction of sp³-hybridized carbons (Fsp3) is 0.611. The van der Waals surface area contributed by atoms with Gasteiger partial charge in [-0.1, -0.05) is 18.2 Å². The van der Waals surface area contributed by atoms with E-state index >= 15 is 0 Å². The molecule has 0 saturated carbocycles. The molecule has 1 atom stereocenters. The molecule has 1 aromatic rings. The number of hydrogen-bond acceptors (Lipinski definition) is 2. The van der Waals surface area contributed by atoms with E-state index in [0.717, 1.165) is 45.1 Å². The molecule has 5 heteroatoms. The lowest BCUT2D eigenvalue weighted by Gasteiger charge is -2.27. The predicted octanol–water partition coefficient (Wildman–Crippen LogP) is 3.12. The van der Waals surface area contributed by atoms with Crippen LogP contribution in [0.5, 0.6) is 0 Å². The zero-order chi connectivity index (χ0) is 15.4. The quantitative estimate of drug-likeness (QED) is 0.454. The number of likely N-dealkylation sites (tertiary alicyclic amines) is 1. The molecule has 0 aliphatic carbocycles. The number of guanidine groups is 1. The number of halogens is 1. The maximum Gasteiger partial charge on any atom is 0.193 e. The van der Waals surface area contributed by atoms with Gasteiger partial charge in [-0.15, -0.1) is 24.0 Å². The molecule has 3 rings (SSSR count). The minimum atomic E-state index is 0. The average Bonchev–Trinajstić information content (AvgIpc) is 3.20. The molecule has 1 saturated heterocycles. The summed E-state index contributed by atoms with van der Waals surface area (Å²) in [5.74, 6) is 1.10. The maximum atomic E-state index is 4.90. The van der Waals surface area contributed by atoms with Crippen molar-refractivity contribution in [1.29, 1.82) is 0 Å². The van der Waals surface area contributed by atoms with Crippen LogP contribution in [0, 0.1) is 0 Å². The minimum absolute atomic E-state index is 0. The van der Waals surface area contributed by atoms with Gasteiger partial charge in [0, 0.05) is 37.9 Å². The third kappa shape index (κ3) is 4.31. The number of nitrogens with zero attached hydrogens (tertiary/aromatic N) is 3.